The average Bonchev–Trinajstić information content (AvgIpc) is 3.58. The minimum Gasteiger partial charge on any atom is -0.476 e. The normalized spacial score (nSPS) is 14.8. The summed E-state index contributed by atoms with van der Waals surface area (Å²) in [4.78, 5) is 96.2. The van der Waals surface area contributed by atoms with Gasteiger partial charge in [-0.05, 0) is 131 Å². The maximum absolute atomic E-state index is 13.7. The van der Waals surface area contributed by atoms with E-state index in [1.165, 1.54) is 18.5 Å². The number of carbonyl (C=O) groups is 6. The van der Waals surface area contributed by atoms with Crippen molar-refractivity contribution in [3.05, 3.63) is 237 Å². The molecule has 3 amide bonds. The SMILES string of the molecule is Nc1ccc(CN2C(=O)c3ccc(Cl)cc3CC(=O)[C@H]2Cc2ccccn2)cc1.Nc1cccnc1C(=O)Nc1ccc(CN2C(=O)c3ccc(Cl)cc3CC(=O)[C@H]2Cc2ccccn2)cc1.Nc1cccnc1C(=O)O. The molecule has 4 aromatic carbocycles. The molecule has 0 spiro atoms. The maximum Gasteiger partial charge on any atom is 0.356 e. The molecule has 10 rings (SSSR count). The van der Waals surface area contributed by atoms with E-state index in [4.69, 9.17) is 45.5 Å². The van der Waals surface area contributed by atoms with E-state index < -0.39 is 24.0 Å². The molecule has 4 aromatic heterocycles. The van der Waals surface area contributed by atoms with Gasteiger partial charge >= 0.3 is 5.97 Å². The number of anilines is 4. The summed E-state index contributed by atoms with van der Waals surface area (Å²) < 4.78 is 0. The zero-order valence-corrected chi connectivity index (χ0v) is 42.6. The lowest BCUT2D eigenvalue weighted by atomic mass is 9.99. The minimum atomic E-state index is -1.10. The molecular weight excluding hydrogens is 1020 g/mol. The van der Waals surface area contributed by atoms with E-state index in [-0.39, 0.29) is 65.5 Å². The van der Waals surface area contributed by atoms with Crippen molar-refractivity contribution in [2.24, 2.45) is 0 Å². The fraction of sp³-hybridized carbons (Fsp3) is 0.138. The molecule has 2 atom stereocenters. The van der Waals surface area contributed by atoms with Crippen LogP contribution in [0.4, 0.5) is 22.7 Å². The van der Waals surface area contributed by atoms with Crippen molar-refractivity contribution >= 4 is 81.2 Å². The number of aromatic nitrogens is 4. The van der Waals surface area contributed by atoms with Crippen molar-refractivity contribution < 1.29 is 33.9 Å². The van der Waals surface area contributed by atoms with Gasteiger partial charge in [-0.15, -0.1) is 0 Å². The van der Waals surface area contributed by atoms with Crippen molar-refractivity contribution in [1.29, 1.82) is 0 Å². The Labute approximate surface area is 452 Å². The molecule has 0 saturated heterocycles. The molecule has 2 aliphatic heterocycles. The van der Waals surface area contributed by atoms with Crippen LogP contribution in [0.2, 0.25) is 10.0 Å². The van der Waals surface area contributed by atoms with E-state index in [1.54, 1.807) is 113 Å². The molecule has 0 fully saturated rings. The molecule has 8 N–H and O–H groups in total. The monoisotopic (exact) mass is 1070 g/mol. The highest BCUT2D eigenvalue weighted by molar-refractivity contribution is 6.31. The number of carboxylic acids is 1. The molecule has 6 heterocycles. The van der Waals surface area contributed by atoms with Crippen molar-refractivity contribution in [2.45, 2.75) is 50.9 Å². The van der Waals surface area contributed by atoms with E-state index in [0.717, 1.165) is 22.5 Å². The maximum atomic E-state index is 13.7. The summed E-state index contributed by atoms with van der Waals surface area (Å²) in [6, 6.07) is 40.6. The lowest BCUT2D eigenvalue weighted by Gasteiger charge is -2.29. The first-order chi connectivity index (χ1) is 37.1. The first kappa shape index (κ1) is 54.0. The summed E-state index contributed by atoms with van der Waals surface area (Å²) in [5, 5.41) is 12.2. The highest BCUT2D eigenvalue weighted by Gasteiger charge is 2.37. The minimum absolute atomic E-state index is 0.0273. The number of benzene rings is 4. The van der Waals surface area contributed by atoms with Crippen molar-refractivity contribution in [2.75, 3.05) is 22.5 Å². The summed E-state index contributed by atoms with van der Waals surface area (Å²) in [6.45, 7) is 0.510. The van der Waals surface area contributed by atoms with Crippen molar-refractivity contribution in [1.82, 2.24) is 29.7 Å². The molecule has 388 valence electrons. The van der Waals surface area contributed by atoms with Gasteiger partial charge in [0.15, 0.2) is 23.0 Å². The summed E-state index contributed by atoms with van der Waals surface area (Å²) in [5.74, 6) is -2.05. The number of carboxylic acid groups (broad SMARTS) is 1. The van der Waals surface area contributed by atoms with Gasteiger partial charge < -0.3 is 37.4 Å². The van der Waals surface area contributed by atoms with Crippen LogP contribution in [0.15, 0.2) is 170 Å². The van der Waals surface area contributed by atoms with Crippen molar-refractivity contribution in [3.8, 4) is 0 Å². The van der Waals surface area contributed by atoms with Crippen LogP contribution in [-0.2, 0) is 48.4 Å². The topological polar surface area (TPSA) is 271 Å². The molecule has 0 aliphatic carbocycles. The molecule has 2 aliphatic rings. The molecule has 77 heavy (non-hydrogen) atoms. The third kappa shape index (κ3) is 13.7. The number of aromatic carboxylic acids is 1. The number of hydrogen-bond donors (Lipinski definition) is 5. The van der Waals surface area contributed by atoms with Crippen LogP contribution < -0.4 is 22.5 Å². The predicted octanol–water partition coefficient (Wildman–Crippen LogP) is 8.40. The van der Waals surface area contributed by atoms with Crippen LogP contribution in [-0.4, -0.2) is 82.2 Å². The standard InChI is InChI=1S/C29H24ClN5O3.C23H20ClN3O2.C6H6N2O2/c30-20-8-11-23-19(14-20)15-26(36)25(16-22-4-1-2-12-32-22)35(29(23)38)17-18-6-9-21(10-7-18)34-28(37)27-24(31)5-3-13-33-27;24-17-6-9-20-16(11-17)12-22(28)21(13-19-3-1-2-10-26-19)27(23(20)29)14-15-4-7-18(25)8-5-15;7-4-2-1-3-8-5(4)6(9)10/h1-14,25H,15-17,31H2,(H,34,37);1-11,21H,12-14,25H2;1-3H,7H2,(H,9,10)/t25-;21-;/m11./s1. The molecule has 19 heteroatoms. The number of nitrogens with two attached hydrogens (primary N) is 3. The predicted molar refractivity (Wildman–Crippen MR) is 293 cm³/mol. The van der Waals surface area contributed by atoms with Crippen LogP contribution in [0.5, 0.6) is 0 Å². The average molecular weight is 1070 g/mol. The fourth-order valence-corrected chi connectivity index (χ4v) is 9.13. The van der Waals surface area contributed by atoms with Crippen LogP contribution in [0.25, 0.3) is 0 Å². The number of nitrogens with zero attached hydrogens (tertiary/aromatic N) is 6. The summed E-state index contributed by atoms with van der Waals surface area (Å²) in [6.07, 6.45) is 7.19. The first-order valence-electron chi connectivity index (χ1n) is 24.0. The molecule has 0 bridgehead atoms. The quantitative estimate of drug-likeness (QED) is 0.0762. The van der Waals surface area contributed by atoms with Gasteiger partial charge in [-0.25, -0.2) is 14.8 Å². The van der Waals surface area contributed by atoms with Gasteiger partial charge in [-0.3, -0.25) is 33.9 Å². The summed E-state index contributed by atoms with van der Waals surface area (Å²) in [5.41, 5.74) is 24.1. The van der Waals surface area contributed by atoms with E-state index in [2.05, 4.69) is 25.3 Å². The second-order valence-corrected chi connectivity index (χ2v) is 18.8. The number of pyridine rings is 4. The van der Waals surface area contributed by atoms with Gasteiger partial charge in [0.2, 0.25) is 0 Å². The molecule has 0 radical (unpaired) electrons. The van der Waals surface area contributed by atoms with Crippen LogP contribution in [0, 0.1) is 0 Å². The zero-order chi connectivity index (χ0) is 54.6. The number of fused-ring (bicyclic) bond motifs is 2. The number of Topliss-reactive ketones (excluding diaryl/α,β-unsaturated/α-hetero) is 2. The highest BCUT2D eigenvalue weighted by atomic mass is 35.5. The summed E-state index contributed by atoms with van der Waals surface area (Å²) in [7, 11) is 0. The first-order valence-corrected chi connectivity index (χ1v) is 24.8. The van der Waals surface area contributed by atoms with Gasteiger partial charge in [-0.2, -0.15) is 0 Å². The number of hydrogen-bond acceptors (Lipinski definition) is 13. The van der Waals surface area contributed by atoms with Gasteiger partial charge in [0.05, 0.1) is 23.5 Å². The summed E-state index contributed by atoms with van der Waals surface area (Å²) >= 11 is 12.3. The van der Waals surface area contributed by atoms with Gasteiger partial charge in [0, 0.05) is 107 Å². The van der Waals surface area contributed by atoms with Crippen molar-refractivity contribution in [3.63, 3.8) is 0 Å². The Kier molecular flexibility index (Phi) is 17.4. The number of nitrogen functional groups attached to an aromatic ring is 3. The van der Waals surface area contributed by atoms with Crippen LogP contribution in [0.3, 0.4) is 0 Å². The third-order valence-electron chi connectivity index (χ3n) is 12.6. The third-order valence-corrected chi connectivity index (χ3v) is 13.1. The molecule has 0 saturated carbocycles. The highest BCUT2D eigenvalue weighted by Crippen LogP contribution is 2.29. The molecular formula is C58H50Cl2N10O7. The van der Waals surface area contributed by atoms with E-state index in [1.807, 2.05) is 48.5 Å². The van der Waals surface area contributed by atoms with E-state index >= 15 is 0 Å². The van der Waals surface area contributed by atoms with E-state index in [9.17, 15) is 28.8 Å². The Hall–Kier alpha value is -9.32. The number of carbonyl (C=O) groups excluding carboxylic acids is 5. The number of rotatable bonds is 11. The van der Waals surface area contributed by atoms with Gasteiger partial charge in [0.1, 0.15) is 0 Å². The number of ketones is 2. The second-order valence-electron chi connectivity index (χ2n) is 17.9. The second kappa shape index (κ2) is 24.8. The smallest absolute Gasteiger partial charge is 0.356 e. The van der Waals surface area contributed by atoms with Crippen LogP contribution >= 0.6 is 23.2 Å². The number of halogens is 2. The number of amides is 3. The Balaban J connectivity index is 0.000000177. The van der Waals surface area contributed by atoms with Gasteiger partial charge in [0.25, 0.3) is 17.7 Å². The lowest BCUT2D eigenvalue weighted by Crippen LogP contribution is -2.44. The Morgan fingerprint density at radius 3 is 1.40 bits per heavy atom. The molecule has 0 unspecified atom stereocenters. The Bertz CT molecular complexity index is 3460. The Morgan fingerprint density at radius 2 is 0.987 bits per heavy atom. The lowest BCUT2D eigenvalue weighted by molar-refractivity contribution is -0.123. The zero-order valence-electron chi connectivity index (χ0n) is 41.1. The molecule has 8 aromatic rings. The largest absolute Gasteiger partial charge is 0.476 e. The molecule has 17 nitrogen and oxygen atoms in total. The van der Waals surface area contributed by atoms with E-state index in [0.29, 0.717) is 63.1 Å². The number of nitrogens with one attached hydrogen (secondary N) is 1. The van der Waals surface area contributed by atoms with Gasteiger partial charge in [-0.1, -0.05) is 59.6 Å². The fourth-order valence-electron chi connectivity index (χ4n) is 8.74. The Morgan fingerprint density at radius 1 is 0.545 bits per heavy atom. The van der Waals surface area contributed by atoms with Crippen LogP contribution in [0.1, 0.15) is 75.3 Å².